The molecule has 49 heavy (non-hydrogen) atoms. The van der Waals surface area contributed by atoms with E-state index in [0.29, 0.717) is 13.0 Å². The minimum atomic E-state index is 0.0292. The van der Waals surface area contributed by atoms with Gasteiger partial charge in [0.05, 0.1) is 6.61 Å². The van der Waals surface area contributed by atoms with Crippen molar-refractivity contribution in [3.8, 4) is 0 Å². The summed E-state index contributed by atoms with van der Waals surface area (Å²) in [6.45, 7) is 5.22. The Morgan fingerprint density at radius 3 is 0.673 bits per heavy atom. The molecule has 0 spiro atoms. The second-order valence-electron chi connectivity index (χ2n) is 16.1. The third-order valence-corrected chi connectivity index (χ3v) is 11.0. The lowest BCUT2D eigenvalue weighted by atomic mass is 10.0. The van der Waals surface area contributed by atoms with Crippen LogP contribution in [0.3, 0.4) is 0 Å². The lowest BCUT2D eigenvalue weighted by molar-refractivity contribution is -0.143. The molecule has 0 bridgehead atoms. The second-order valence-corrected chi connectivity index (χ2v) is 16.1. The zero-order chi connectivity index (χ0) is 35.4. The molecular weight excluding hydrogens is 597 g/mol. The topological polar surface area (TPSA) is 26.3 Å². The summed E-state index contributed by atoms with van der Waals surface area (Å²) in [7, 11) is 0. The molecule has 0 aliphatic carbocycles. The highest BCUT2D eigenvalue weighted by Crippen LogP contribution is 2.17. The lowest BCUT2D eigenvalue weighted by Crippen LogP contribution is -2.05. The molecule has 0 saturated carbocycles. The van der Waals surface area contributed by atoms with E-state index in [9.17, 15) is 4.79 Å². The van der Waals surface area contributed by atoms with Crippen LogP contribution in [0.15, 0.2) is 0 Å². The third-order valence-electron chi connectivity index (χ3n) is 11.0. The highest BCUT2D eigenvalue weighted by atomic mass is 16.5. The van der Waals surface area contributed by atoms with Crippen LogP contribution in [0.1, 0.15) is 290 Å². The van der Waals surface area contributed by atoms with Crippen molar-refractivity contribution in [1.82, 2.24) is 0 Å². The van der Waals surface area contributed by atoms with Crippen molar-refractivity contribution in [3.05, 3.63) is 0 Å². The molecule has 0 N–H and O–H groups in total. The Balaban J connectivity index is 3.11. The van der Waals surface area contributed by atoms with E-state index in [0.717, 1.165) is 12.8 Å². The first-order valence-corrected chi connectivity index (χ1v) is 23.5. The van der Waals surface area contributed by atoms with Gasteiger partial charge in [0.25, 0.3) is 0 Å². The van der Waals surface area contributed by atoms with Crippen molar-refractivity contribution in [2.24, 2.45) is 0 Å². The zero-order valence-electron chi connectivity index (χ0n) is 34.4. The van der Waals surface area contributed by atoms with Crippen LogP contribution in [0.4, 0.5) is 0 Å². The molecule has 0 radical (unpaired) electrons. The lowest BCUT2D eigenvalue weighted by Gasteiger charge is -2.06. The van der Waals surface area contributed by atoms with Gasteiger partial charge in [-0.3, -0.25) is 4.79 Å². The first-order valence-electron chi connectivity index (χ1n) is 23.5. The average Bonchev–Trinajstić information content (AvgIpc) is 3.11. The monoisotopic (exact) mass is 691 g/mol. The summed E-state index contributed by atoms with van der Waals surface area (Å²) in [6, 6.07) is 0. The average molecular weight is 691 g/mol. The standard InChI is InChI=1S/C47H94O2/c1-3-5-7-9-11-13-15-16-17-18-19-20-21-22-23-24-25-26-27-28-29-30-31-32-33-34-35-36-37-39-41-43-45-47(48)49-46-44-42-40-38-14-12-10-8-6-4-2/h3-46H2,1-2H3. The fourth-order valence-electron chi connectivity index (χ4n) is 7.49. The van der Waals surface area contributed by atoms with Crippen molar-refractivity contribution in [2.45, 2.75) is 290 Å². The normalized spacial score (nSPS) is 11.5. The first-order chi connectivity index (χ1) is 24.3. The van der Waals surface area contributed by atoms with Crippen LogP contribution in [0.25, 0.3) is 0 Å². The van der Waals surface area contributed by atoms with Crippen LogP contribution in [0.2, 0.25) is 0 Å². The Kier molecular flexibility index (Phi) is 45.0. The maximum Gasteiger partial charge on any atom is 0.305 e. The van der Waals surface area contributed by atoms with Crippen LogP contribution in [-0.4, -0.2) is 12.6 Å². The van der Waals surface area contributed by atoms with Gasteiger partial charge in [0.15, 0.2) is 0 Å². The molecule has 0 aromatic heterocycles. The van der Waals surface area contributed by atoms with Gasteiger partial charge in [-0.1, -0.05) is 271 Å². The van der Waals surface area contributed by atoms with E-state index in [-0.39, 0.29) is 5.97 Å². The fraction of sp³-hybridized carbons (Fsp3) is 0.979. The van der Waals surface area contributed by atoms with Crippen LogP contribution in [-0.2, 0) is 9.53 Å². The Morgan fingerprint density at radius 2 is 0.449 bits per heavy atom. The SMILES string of the molecule is CCCCCCCCCCCCCCCCCCCCCCCCCCCCCCCCCCC(=O)OCCCCCCCCCCCC. The Morgan fingerprint density at radius 1 is 0.265 bits per heavy atom. The van der Waals surface area contributed by atoms with Crippen molar-refractivity contribution in [2.75, 3.05) is 6.61 Å². The summed E-state index contributed by atoms with van der Waals surface area (Å²) in [4.78, 5) is 11.9. The van der Waals surface area contributed by atoms with Gasteiger partial charge in [-0.15, -0.1) is 0 Å². The summed E-state index contributed by atoms with van der Waals surface area (Å²) in [5.74, 6) is 0.0292. The number of hydrogen-bond donors (Lipinski definition) is 0. The minimum Gasteiger partial charge on any atom is -0.466 e. The molecule has 0 amide bonds. The molecule has 0 fully saturated rings. The predicted octanol–water partition coefficient (Wildman–Crippen LogP) is 17.3. The van der Waals surface area contributed by atoms with Crippen LogP contribution in [0.5, 0.6) is 0 Å². The molecule has 0 aromatic carbocycles. The summed E-state index contributed by atoms with van der Waals surface area (Å²) < 4.78 is 5.44. The van der Waals surface area contributed by atoms with Crippen molar-refractivity contribution in [3.63, 3.8) is 0 Å². The van der Waals surface area contributed by atoms with E-state index in [2.05, 4.69) is 13.8 Å². The summed E-state index contributed by atoms with van der Waals surface area (Å²) >= 11 is 0. The maximum absolute atomic E-state index is 11.9. The number of rotatable bonds is 44. The molecule has 0 rings (SSSR count). The van der Waals surface area contributed by atoms with E-state index in [1.807, 2.05) is 0 Å². The van der Waals surface area contributed by atoms with E-state index >= 15 is 0 Å². The molecule has 294 valence electrons. The molecule has 0 atom stereocenters. The molecule has 0 saturated heterocycles. The van der Waals surface area contributed by atoms with Gasteiger partial charge in [0, 0.05) is 6.42 Å². The maximum atomic E-state index is 11.9. The van der Waals surface area contributed by atoms with E-state index in [1.165, 1.54) is 257 Å². The zero-order valence-corrected chi connectivity index (χ0v) is 34.4. The molecule has 2 nitrogen and oxygen atoms in total. The van der Waals surface area contributed by atoms with Crippen LogP contribution >= 0.6 is 0 Å². The first kappa shape index (κ1) is 48.5. The fourth-order valence-corrected chi connectivity index (χ4v) is 7.49. The summed E-state index contributed by atoms with van der Waals surface area (Å²) in [5, 5.41) is 0. The Labute approximate surface area is 311 Å². The molecule has 0 aliphatic rings. The molecular formula is C47H94O2. The number of carbonyl (C=O) groups is 1. The minimum absolute atomic E-state index is 0.0292. The van der Waals surface area contributed by atoms with E-state index < -0.39 is 0 Å². The van der Waals surface area contributed by atoms with Gasteiger partial charge in [-0.05, 0) is 12.8 Å². The molecule has 2 heteroatoms. The quantitative estimate of drug-likeness (QED) is 0.0470. The molecule has 0 unspecified atom stereocenters. The highest BCUT2D eigenvalue weighted by Gasteiger charge is 2.03. The Bertz CT molecular complexity index is 587. The summed E-state index contributed by atoms with van der Waals surface area (Å²) in [5.41, 5.74) is 0. The third kappa shape index (κ3) is 45.4. The molecule has 0 aliphatic heterocycles. The molecule has 0 heterocycles. The number of esters is 1. The van der Waals surface area contributed by atoms with Crippen molar-refractivity contribution in [1.29, 1.82) is 0 Å². The smallest absolute Gasteiger partial charge is 0.305 e. The van der Waals surface area contributed by atoms with Gasteiger partial charge in [-0.2, -0.15) is 0 Å². The number of ether oxygens (including phenoxy) is 1. The number of unbranched alkanes of at least 4 members (excludes halogenated alkanes) is 40. The summed E-state index contributed by atoms with van der Waals surface area (Å²) in [6.07, 6.45) is 59.5. The predicted molar refractivity (Wildman–Crippen MR) is 221 cm³/mol. The highest BCUT2D eigenvalue weighted by molar-refractivity contribution is 5.69. The largest absolute Gasteiger partial charge is 0.466 e. The van der Waals surface area contributed by atoms with Gasteiger partial charge in [0.1, 0.15) is 0 Å². The van der Waals surface area contributed by atoms with Crippen LogP contribution in [0, 0.1) is 0 Å². The number of carbonyl (C=O) groups excluding carboxylic acids is 1. The van der Waals surface area contributed by atoms with Gasteiger partial charge in [-0.25, -0.2) is 0 Å². The Hall–Kier alpha value is -0.530. The van der Waals surface area contributed by atoms with E-state index in [4.69, 9.17) is 4.74 Å². The van der Waals surface area contributed by atoms with Crippen molar-refractivity contribution >= 4 is 5.97 Å². The van der Waals surface area contributed by atoms with E-state index in [1.54, 1.807) is 0 Å². The number of hydrogen-bond acceptors (Lipinski definition) is 2. The van der Waals surface area contributed by atoms with Crippen LogP contribution < -0.4 is 0 Å². The van der Waals surface area contributed by atoms with Gasteiger partial charge < -0.3 is 4.74 Å². The van der Waals surface area contributed by atoms with Gasteiger partial charge >= 0.3 is 5.97 Å². The van der Waals surface area contributed by atoms with Crippen molar-refractivity contribution < 1.29 is 9.53 Å². The second kappa shape index (κ2) is 45.5. The molecule has 0 aromatic rings. The van der Waals surface area contributed by atoms with Gasteiger partial charge in [0.2, 0.25) is 0 Å².